The van der Waals surface area contributed by atoms with Gasteiger partial charge in [-0.3, -0.25) is 0 Å². The van der Waals surface area contributed by atoms with E-state index in [1.165, 1.54) is 22.0 Å². The molecular formula is C13H15IN4. The molecule has 94 valence electrons. The Morgan fingerprint density at radius 3 is 2.78 bits per heavy atom. The van der Waals surface area contributed by atoms with Gasteiger partial charge in [0, 0.05) is 9.61 Å². The van der Waals surface area contributed by atoms with Crippen molar-refractivity contribution in [2.75, 3.05) is 0 Å². The molecule has 0 bridgehead atoms. The van der Waals surface area contributed by atoms with Crippen LogP contribution in [0, 0.1) is 3.57 Å². The van der Waals surface area contributed by atoms with Crippen molar-refractivity contribution >= 4 is 22.6 Å². The highest BCUT2D eigenvalue weighted by molar-refractivity contribution is 14.1. The summed E-state index contributed by atoms with van der Waals surface area (Å²) in [6.07, 6.45) is 4.23. The van der Waals surface area contributed by atoms with E-state index >= 15 is 0 Å². The molecule has 1 saturated carbocycles. The largest absolute Gasteiger partial charge is 0.307 e. The third kappa shape index (κ3) is 3.08. The second kappa shape index (κ2) is 5.36. The monoisotopic (exact) mass is 354 g/mol. The second-order valence-corrected chi connectivity index (χ2v) is 5.86. The van der Waals surface area contributed by atoms with Crippen LogP contribution in [0.5, 0.6) is 0 Å². The molecule has 1 aliphatic rings. The van der Waals surface area contributed by atoms with E-state index in [0.717, 1.165) is 18.9 Å². The SMILES string of the molecule is Ic1ccc(Cn2ncnc2CNC2CC2)cc1. The highest BCUT2D eigenvalue weighted by Gasteiger charge is 2.20. The van der Waals surface area contributed by atoms with Crippen molar-refractivity contribution in [3.63, 3.8) is 0 Å². The lowest BCUT2D eigenvalue weighted by Crippen LogP contribution is -2.19. The zero-order chi connectivity index (χ0) is 12.4. The Balaban J connectivity index is 1.67. The van der Waals surface area contributed by atoms with Crippen molar-refractivity contribution in [2.45, 2.75) is 32.0 Å². The van der Waals surface area contributed by atoms with E-state index in [-0.39, 0.29) is 0 Å². The van der Waals surface area contributed by atoms with Crippen LogP contribution < -0.4 is 5.32 Å². The Morgan fingerprint density at radius 2 is 2.06 bits per heavy atom. The molecule has 2 aromatic rings. The van der Waals surface area contributed by atoms with Gasteiger partial charge in [-0.2, -0.15) is 5.10 Å². The average Bonchev–Trinajstić information content (AvgIpc) is 3.11. The van der Waals surface area contributed by atoms with Crippen LogP contribution in [0.3, 0.4) is 0 Å². The molecule has 0 atom stereocenters. The molecule has 1 heterocycles. The molecule has 3 rings (SSSR count). The lowest BCUT2D eigenvalue weighted by atomic mass is 10.2. The van der Waals surface area contributed by atoms with Gasteiger partial charge in [0.1, 0.15) is 12.2 Å². The van der Waals surface area contributed by atoms with Gasteiger partial charge in [-0.05, 0) is 53.1 Å². The highest BCUT2D eigenvalue weighted by atomic mass is 127. The maximum absolute atomic E-state index is 4.32. The Hall–Kier alpha value is -0.950. The Morgan fingerprint density at radius 1 is 1.28 bits per heavy atom. The van der Waals surface area contributed by atoms with Gasteiger partial charge >= 0.3 is 0 Å². The van der Waals surface area contributed by atoms with E-state index in [4.69, 9.17) is 0 Å². The molecule has 18 heavy (non-hydrogen) atoms. The standard InChI is InChI=1S/C13H15IN4/c14-11-3-1-10(2-4-11)8-18-13(16-9-17-18)7-15-12-5-6-12/h1-4,9,12,15H,5-8H2. The minimum atomic E-state index is 0.702. The summed E-state index contributed by atoms with van der Waals surface area (Å²) in [6, 6.07) is 9.22. The van der Waals surface area contributed by atoms with Gasteiger partial charge in [-0.15, -0.1) is 0 Å². The number of halogens is 1. The van der Waals surface area contributed by atoms with Gasteiger partial charge in [-0.1, -0.05) is 12.1 Å². The summed E-state index contributed by atoms with van der Waals surface area (Å²) >= 11 is 2.32. The first kappa shape index (κ1) is 12.1. The molecule has 1 fully saturated rings. The number of benzene rings is 1. The molecule has 4 nitrogen and oxygen atoms in total. The first-order chi connectivity index (χ1) is 8.81. The molecule has 1 aromatic carbocycles. The Kier molecular flexibility index (Phi) is 3.60. The van der Waals surface area contributed by atoms with E-state index in [2.05, 4.69) is 62.3 Å². The van der Waals surface area contributed by atoms with Crippen molar-refractivity contribution in [1.82, 2.24) is 20.1 Å². The number of aromatic nitrogens is 3. The maximum atomic E-state index is 4.32. The number of nitrogens with zero attached hydrogens (tertiary/aromatic N) is 3. The molecule has 0 unspecified atom stereocenters. The summed E-state index contributed by atoms with van der Waals surface area (Å²) in [5.41, 5.74) is 1.26. The predicted molar refractivity (Wildman–Crippen MR) is 78.1 cm³/mol. The van der Waals surface area contributed by atoms with Crippen LogP contribution in [0.2, 0.25) is 0 Å². The normalized spacial score (nSPS) is 14.9. The lowest BCUT2D eigenvalue weighted by molar-refractivity contribution is 0.583. The summed E-state index contributed by atoms with van der Waals surface area (Å²) in [5.74, 6) is 1.01. The van der Waals surface area contributed by atoms with Crippen LogP contribution >= 0.6 is 22.6 Å². The third-order valence-electron chi connectivity index (χ3n) is 3.07. The summed E-state index contributed by atoms with van der Waals surface area (Å²) in [7, 11) is 0. The zero-order valence-corrected chi connectivity index (χ0v) is 12.2. The van der Waals surface area contributed by atoms with Gasteiger partial charge in [0.15, 0.2) is 0 Å². The van der Waals surface area contributed by atoms with E-state index in [9.17, 15) is 0 Å². The topological polar surface area (TPSA) is 42.7 Å². The van der Waals surface area contributed by atoms with Gasteiger partial charge in [0.05, 0.1) is 13.1 Å². The molecule has 1 N–H and O–H groups in total. The third-order valence-corrected chi connectivity index (χ3v) is 3.79. The van der Waals surface area contributed by atoms with Crippen molar-refractivity contribution in [3.8, 4) is 0 Å². The van der Waals surface area contributed by atoms with Crippen LogP contribution in [0.15, 0.2) is 30.6 Å². The minimum absolute atomic E-state index is 0.702. The van der Waals surface area contributed by atoms with Gasteiger partial charge < -0.3 is 5.32 Å². The Bertz CT molecular complexity index is 516. The fourth-order valence-electron chi connectivity index (χ4n) is 1.84. The molecule has 1 aromatic heterocycles. The molecular weight excluding hydrogens is 339 g/mol. The predicted octanol–water partition coefficient (Wildman–Crippen LogP) is 2.18. The molecule has 0 amide bonds. The second-order valence-electron chi connectivity index (χ2n) is 4.62. The summed E-state index contributed by atoms with van der Waals surface area (Å²) < 4.78 is 3.22. The van der Waals surface area contributed by atoms with Crippen LogP contribution in [0.25, 0.3) is 0 Å². The number of rotatable bonds is 5. The van der Waals surface area contributed by atoms with Crippen LogP contribution in [-0.4, -0.2) is 20.8 Å². The Labute approximate surface area is 120 Å². The van der Waals surface area contributed by atoms with Crippen molar-refractivity contribution in [1.29, 1.82) is 0 Å². The molecule has 1 aliphatic carbocycles. The molecule has 0 radical (unpaired) electrons. The first-order valence-electron chi connectivity index (χ1n) is 6.16. The average molecular weight is 354 g/mol. The fourth-order valence-corrected chi connectivity index (χ4v) is 2.20. The first-order valence-corrected chi connectivity index (χ1v) is 7.23. The number of hydrogen-bond donors (Lipinski definition) is 1. The van der Waals surface area contributed by atoms with Gasteiger partial charge in [0.25, 0.3) is 0 Å². The number of nitrogens with one attached hydrogen (secondary N) is 1. The zero-order valence-electron chi connectivity index (χ0n) is 10.0. The van der Waals surface area contributed by atoms with Crippen LogP contribution in [0.4, 0.5) is 0 Å². The van der Waals surface area contributed by atoms with E-state index in [1.54, 1.807) is 6.33 Å². The van der Waals surface area contributed by atoms with Crippen molar-refractivity contribution < 1.29 is 0 Å². The minimum Gasteiger partial charge on any atom is -0.307 e. The molecule has 0 aliphatic heterocycles. The van der Waals surface area contributed by atoms with Crippen molar-refractivity contribution in [2.24, 2.45) is 0 Å². The maximum Gasteiger partial charge on any atom is 0.141 e. The smallest absolute Gasteiger partial charge is 0.141 e. The summed E-state index contributed by atoms with van der Waals surface area (Å²) in [6.45, 7) is 1.60. The van der Waals surface area contributed by atoms with E-state index in [0.29, 0.717) is 6.04 Å². The molecule has 0 spiro atoms. The molecule has 5 heteroatoms. The van der Waals surface area contributed by atoms with Crippen LogP contribution in [-0.2, 0) is 13.1 Å². The van der Waals surface area contributed by atoms with Gasteiger partial charge in [0.2, 0.25) is 0 Å². The number of hydrogen-bond acceptors (Lipinski definition) is 3. The summed E-state index contributed by atoms with van der Waals surface area (Å²) in [5, 5.41) is 7.77. The highest BCUT2D eigenvalue weighted by Crippen LogP contribution is 2.19. The quantitative estimate of drug-likeness (QED) is 0.837. The molecule has 0 saturated heterocycles. The van der Waals surface area contributed by atoms with E-state index < -0.39 is 0 Å². The van der Waals surface area contributed by atoms with Gasteiger partial charge in [-0.25, -0.2) is 9.67 Å². The van der Waals surface area contributed by atoms with Crippen molar-refractivity contribution in [3.05, 3.63) is 45.6 Å². The van der Waals surface area contributed by atoms with Crippen LogP contribution in [0.1, 0.15) is 24.2 Å². The lowest BCUT2D eigenvalue weighted by Gasteiger charge is -2.07. The summed E-state index contributed by atoms with van der Waals surface area (Å²) in [4.78, 5) is 4.32. The van der Waals surface area contributed by atoms with E-state index in [1.807, 2.05) is 4.68 Å². The fraction of sp³-hybridized carbons (Fsp3) is 0.385.